The summed E-state index contributed by atoms with van der Waals surface area (Å²) in [4.78, 5) is 18.8. The van der Waals surface area contributed by atoms with E-state index >= 15 is 0 Å². The molecule has 0 aliphatic carbocycles. The molecule has 0 bridgehead atoms. The SMILES string of the molecule is CC(C)(C)CC(=O)N1CCC(c2nc(-c3ccc4cnn(C(F)F)c4c3)no2)CC1. The molecule has 1 saturated heterocycles. The van der Waals surface area contributed by atoms with Gasteiger partial charge in [-0.15, -0.1) is 0 Å². The second kappa shape index (κ2) is 7.77. The molecule has 0 radical (unpaired) electrons. The third-order valence-electron chi connectivity index (χ3n) is 5.36. The zero-order valence-corrected chi connectivity index (χ0v) is 17.3. The van der Waals surface area contributed by atoms with Crippen LogP contribution in [0.4, 0.5) is 8.78 Å². The molecule has 3 aromatic rings. The van der Waals surface area contributed by atoms with Gasteiger partial charge in [-0.2, -0.15) is 18.9 Å². The minimum atomic E-state index is -2.72. The van der Waals surface area contributed by atoms with Gasteiger partial charge < -0.3 is 9.42 Å². The molecule has 4 rings (SSSR count). The summed E-state index contributed by atoms with van der Waals surface area (Å²) in [5.74, 6) is 1.15. The number of rotatable bonds is 4. The highest BCUT2D eigenvalue weighted by atomic mass is 19.3. The smallest absolute Gasteiger partial charge is 0.333 e. The minimum Gasteiger partial charge on any atom is -0.343 e. The average molecular weight is 417 g/mol. The van der Waals surface area contributed by atoms with Crippen LogP contribution in [0.2, 0.25) is 0 Å². The first-order valence-electron chi connectivity index (χ1n) is 10.1. The van der Waals surface area contributed by atoms with Crippen molar-refractivity contribution >= 4 is 16.8 Å². The number of nitrogens with zero attached hydrogens (tertiary/aromatic N) is 5. The first kappa shape index (κ1) is 20.4. The Morgan fingerprint density at radius 3 is 2.67 bits per heavy atom. The van der Waals surface area contributed by atoms with Crippen molar-refractivity contribution in [1.82, 2.24) is 24.8 Å². The average Bonchev–Trinajstić information content (AvgIpc) is 3.33. The second-order valence-electron chi connectivity index (χ2n) is 8.99. The van der Waals surface area contributed by atoms with Crippen LogP contribution in [0.5, 0.6) is 0 Å². The van der Waals surface area contributed by atoms with Crippen molar-refractivity contribution in [3.8, 4) is 11.4 Å². The lowest BCUT2D eigenvalue weighted by Crippen LogP contribution is -2.39. The summed E-state index contributed by atoms with van der Waals surface area (Å²) in [7, 11) is 0. The molecule has 3 heterocycles. The van der Waals surface area contributed by atoms with Gasteiger partial charge in [-0.25, -0.2) is 4.68 Å². The van der Waals surface area contributed by atoms with E-state index in [9.17, 15) is 13.6 Å². The van der Waals surface area contributed by atoms with Crippen LogP contribution in [0.1, 0.15) is 58.4 Å². The molecule has 0 spiro atoms. The van der Waals surface area contributed by atoms with Crippen LogP contribution >= 0.6 is 0 Å². The van der Waals surface area contributed by atoms with Crippen molar-refractivity contribution in [2.45, 2.75) is 52.5 Å². The third kappa shape index (κ3) is 4.20. The Morgan fingerprint density at radius 2 is 2.00 bits per heavy atom. The van der Waals surface area contributed by atoms with Gasteiger partial charge in [0.25, 0.3) is 0 Å². The van der Waals surface area contributed by atoms with E-state index in [2.05, 4.69) is 36.0 Å². The molecular weight excluding hydrogens is 392 g/mol. The second-order valence-corrected chi connectivity index (χ2v) is 8.99. The Morgan fingerprint density at radius 1 is 1.27 bits per heavy atom. The van der Waals surface area contributed by atoms with E-state index in [-0.39, 0.29) is 17.2 Å². The largest absolute Gasteiger partial charge is 0.343 e. The summed E-state index contributed by atoms with van der Waals surface area (Å²) in [6, 6.07) is 5.07. The number of benzene rings is 1. The number of hydrogen-bond donors (Lipinski definition) is 0. The summed E-state index contributed by atoms with van der Waals surface area (Å²) in [6.07, 6.45) is 3.45. The van der Waals surface area contributed by atoms with Crippen molar-refractivity contribution in [3.05, 3.63) is 30.3 Å². The Bertz CT molecular complexity index is 1050. The fourth-order valence-corrected chi connectivity index (χ4v) is 3.79. The number of likely N-dealkylation sites (tertiary alicyclic amines) is 1. The molecule has 30 heavy (non-hydrogen) atoms. The lowest BCUT2D eigenvalue weighted by molar-refractivity contribution is -0.134. The van der Waals surface area contributed by atoms with Gasteiger partial charge in [0.15, 0.2) is 0 Å². The Balaban J connectivity index is 1.46. The zero-order valence-electron chi connectivity index (χ0n) is 17.3. The van der Waals surface area contributed by atoms with Crippen LogP contribution in [-0.2, 0) is 4.79 Å². The predicted molar refractivity (Wildman–Crippen MR) is 107 cm³/mol. The molecule has 0 atom stereocenters. The molecule has 0 saturated carbocycles. The van der Waals surface area contributed by atoms with E-state index in [0.29, 0.717) is 52.4 Å². The van der Waals surface area contributed by atoms with Gasteiger partial charge in [0, 0.05) is 36.4 Å². The number of piperidine rings is 1. The lowest BCUT2D eigenvalue weighted by Gasteiger charge is -2.32. The predicted octanol–water partition coefficient (Wildman–Crippen LogP) is 4.62. The van der Waals surface area contributed by atoms with Crippen LogP contribution in [0.15, 0.2) is 28.9 Å². The van der Waals surface area contributed by atoms with Crippen LogP contribution in [-0.4, -0.2) is 43.8 Å². The Kier molecular flexibility index (Phi) is 5.29. The standard InChI is InChI=1S/C21H25F2N5O2/c1-21(2,3)11-17(29)27-8-6-13(7-9-27)19-25-18(26-30-19)14-4-5-15-12-24-28(20(22)23)16(15)10-14/h4-5,10,12-13,20H,6-9,11H2,1-3H3. The highest BCUT2D eigenvalue weighted by Crippen LogP contribution is 2.31. The van der Waals surface area contributed by atoms with Gasteiger partial charge in [0.05, 0.1) is 11.7 Å². The highest BCUT2D eigenvalue weighted by molar-refractivity contribution is 5.83. The molecule has 0 N–H and O–H groups in total. The van der Waals surface area contributed by atoms with E-state index in [1.54, 1.807) is 18.2 Å². The molecule has 9 heteroatoms. The van der Waals surface area contributed by atoms with Crippen LogP contribution < -0.4 is 0 Å². The number of alkyl halides is 2. The molecule has 1 amide bonds. The first-order chi connectivity index (χ1) is 14.2. The summed E-state index contributed by atoms with van der Waals surface area (Å²) < 4.78 is 32.4. The fraction of sp³-hybridized carbons (Fsp3) is 0.524. The quantitative estimate of drug-likeness (QED) is 0.619. The van der Waals surface area contributed by atoms with E-state index in [4.69, 9.17) is 4.52 Å². The summed E-state index contributed by atoms with van der Waals surface area (Å²) in [6.45, 7) is 4.79. The van der Waals surface area contributed by atoms with Crippen LogP contribution in [0.25, 0.3) is 22.3 Å². The topological polar surface area (TPSA) is 77.1 Å². The minimum absolute atomic E-state index is 0.0316. The van der Waals surface area contributed by atoms with Crippen LogP contribution in [0.3, 0.4) is 0 Å². The monoisotopic (exact) mass is 417 g/mol. The number of hydrogen-bond acceptors (Lipinski definition) is 5. The highest BCUT2D eigenvalue weighted by Gasteiger charge is 2.29. The third-order valence-corrected chi connectivity index (χ3v) is 5.36. The first-order valence-corrected chi connectivity index (χ1v) is 10.1. The van der Waals surface area contributed by atoms with E-state index in [1.807, 2.05) is 4.90 Å². The number of aromatic nitrogens is 4. The number of carbonyl (C=O) groups is 1. The fourth-order valence-electron chi connectivity index (χ4n) is 3.79. The van der Waals surface area contributed by atoms with E-state index < -0.39 is 6.55 Å². The lowest BCUT2D eigenvalue weighted by atomic mass is 9.90. The van der Waals surface area contributed by atoms with Crippen molar-refractivity contribution in [1.29, 1.82) is 0 Å². The van der Waals surface area contributed by atoms with Gasteiger partial charge >= 0.3 is 6.55 Å². The number of carbonyl (C=O) groups excluding carboxylic acids is 1. The zero-order chi connectivity index (χ0) is 21.5. The molecule has 1 fully saturated rings. The maximum atomic E-state index is 13.1. The van der Waals surface area contributed by atoms with Crippen molar-refractivity contribution < 1.29 is 18.1 Å². The van der Waals surface area contributed by atoms with Gasteiger partial charge in [-0.05, 0) is 24.3 Å². The molecule has 7 nitrogen and oxygen atoms in total. The van der Waals surface area contributed by atoms with Crippen molar-refractivity contribution in [3.63, 3.8) is 0 Å². The number of halogens is 2. The van der Waals surface area contributed by atoms with Crippen LogP contribution in [0, 0.1) is 5.41 Å². The van der Waals surface area contributed by atoms with Gasteiger partial charge in [0.1, 0.15) is 0 Å². The summed E-state index contributed by atoms with van der Waals surface area (Å²) in [5, 5.41) is 8.39. The molecule has 1 aromatic carbocycles. The number of fused-ring (bicyclic) bond motifs is 1. The molecule has 0 unspecified atom stereocenters. The van der Waals surface area contributed by atoms with Gasteiger partial charge in [-0.3, -0.25) is 4.79 Å². The Labute approximate surface area is 173 Å². The molecule has 160 valence electrons. The van der Waals surface area contributed by atoms with Crippen molar-refractivity contribution in [2.75, 3.05) is 13.1 Å². The summed E-state index contributed by atoms with van der Waals surface area (Å²) in [5.41, 5.74) is 0.882. The molecule has 1 aliphatic heterocycles. The Hall–Kier alpha value is -2.84. The van der Waals surface area contributed by atoms with Gasteiger partial charge in [0.2, 0.25) is 17.6 Å². The maximum Gasteiger partial charge on any atom is 0.333 e. The van der Waals surface area contributed by atoms with Crippen molar-refractivity contribution in [2.24, 2.45) is 5.41 Å². The normalized spacial score (nSPS) is 16.0. The summed E-state index contributed by atoms with van der Waals surface area (Å²) >= 11 is 0. The van der Waals surface area contributed by atoms with E-state index in [1.165, 1.54) is 6.20 Å². The number of amides is 1. The van der Waals surface area contributed by atoms with E-state index in [0.717, 1.165) is 12.8 Å². The molecule has 2 aromatic heterocycles. The van der Waals surface area contributed by atoms with Gasteiger partial charge in [-0.1, -0.05) is 38.1 Å². The molecule has 1 aliphatic rings. The maximum absolute atomic E-state index is 13.1. The molecular formula is C21H25F2N5O2.